The summed E-state index contributed by atoms with van der Waals surface area (Å²) in [6, 6.07) is 6.68. The highest BCUT2D eigenvalue weighted by Crippen LogP contribution is 2.31. The molecule has 0 N–H and O–H groups in total. The molecule has 1 aromatic heterocycles. The maximum absolute atomic E-state index is 12.5. The summed E-state index contributed by atoms with van der Waals surface area (Å²) < 4.78 is 17.6. The quantitative estimate of drug-likeness (QED) is 0.412. The van der Waals surface area contributed by atoms with Crippen molar-refractivity contribution in [2.45, 2.75) is 20.4 Å². The van der Waals surface area contributed by atoms with E-state index in [0.29, 0.717) is 17.9 Å². The Bertz CT molecular complexity index is 835. The van der Waals surface area contributed by atoms with E-state index in [9.17, 15) is 9.59 Å². The molecule has 6 heteroatoms. The number of esters is 1. The Kier molecular flexibility index (Phi) is 6.22. The normalized spacial score (nSPS) is 10.3. The summed E-state index contributed by atoms with van der Waals surface area (Å²) in [5.74, 6) is -0.213. The van der Waals surface area contributed by atoms with Crippen molar-refractivity contribution >= 4 is 11.8 Å². The SMILES string of the molecule is C=CCn1c(C)cc(C(=O)COC(=O)c2cccc(OC)c2OC)c1C. The third-order valence-corrected chi connectivity index (χ3v) is 4.14. The van der Waals surface area contributed by atoms with Gasteiger partial charge in [0, 0.05) is 23.5 Å². The fourth-order valence-corrected chi connectivity index (χ4v) is 2.83. The number of carbonyl (C=O) groups is 2. The van der Waals surface area contributed by atoms with Gasteiger partial charge >= 0.3 is 5.97 Å². The van der Waals surface area contributed by atoms with Crippen LogP contribution >= 0.6 is 0 Å². The number of nitrogens with zero attached hydrogens (tertiary/aromatic N) is 1. The summed E-state index contributed by atoms with van der Waals surface area (Å²) in [6.07, 6.45) is 1.77. The Morgan fingerprint density at radius 1 is 1.15 bits per heavy atom. The number of aryl methyl sites for hydroxylation is 1. The minimum absolute atomic E-state index is 0.205. The van der Waals surface area contributed by atoms with E-state index in [-0.39, 0.29) is 23.7 Å². The van der Waals surface area contributed by atoms with Gasteiger partial charge in [0.1, 0.15) is 5.56 Å². The molecule has 0 saturated carbocycles. The van der Waals surface area contributed by atoms with Crippen LogP contribution in [0.4, 0.5) is 0 Å². The van der Waals surface area contributed by atoms with E-state index in [2.05, 4.69) is 6.58 Å². The summed E-state index contributed by atoms with van der Waals surface area (Å²) in [7, 11) is 2.92. The molecule has 0 radical (unpaired) electrons. The lowest BCUT2D eigenvalue weighted by Gasteiger charge is -2.12. The second kappa shape index (κ2) is 8.38. The number of para-hydroxylation sites is 1. The number of allylic oxidation sites excluding steroid dienone is 1. The first-order chi connectivity index (χ1) is 12.4. The third-order valence-electron chi connectivity index (χ3n) is 4.14. The predicted molar refractivity (Wildman–Crippen MR) is 98.3 cm³/mol. The topological polar surface area (TPSA) is 66.8 Å². The molecule has 2 rings (SSSR count). The van der Waals surface area contributed by atoms with Gasteiger partial charge in [0.25, 0.3) is 0 Å². The molecule has 0 aliphatic heterocycles. The van der Waals surface area contributed by atoms with Crippen molar-refractivity contribution in [2.75, 3.05) is 20.8 Å². The molecule has 0 unspecified atom stereocenters. The van der Waals surface area contributed by atoms with Crippen molar-refractivity contribution in [2.24, 2.45) is 0 Å². The molecule has 0 atom stereocenters. The summed E-state index contributed by atoms with van der Waals surface area (Å²) in [5.41, 5.74) is 2.51. The molecule has 1 heterocycles. The Hall–Kier alpha value is -3.02. The first-order valence-corrected chi connectivity index (χ1v) is 8.13. The van der Waals surface area contributed by atoms with Gasteiger partial charge in [0.15, 0.2) is 18.1 Å². The van der Waals surface area contributed by atoms with Gasteiger partial charge in [-0.1, -0.05) is 12.1 Å². The molecule has 0 amide bonds. The molecule has 1 aromatic carbocycles. The molecule has 138 valence electrons. The minimum Gasteiger partial charge on any atom is -0.493 e. The Morgan fingerprint density at radius 3 is 2.50 bits per heavy atom. The van der Waals surface area contributed by atoms with Gasteiger partial charge in [-0.15, -0.1) is 6.58 Å². The lowest BCUT2D eigenvalue weighted by Crippen LogP contribution is -2.16. The van der Waals surface area contributed by atoms with Crippen molar-refractivity contribution in [1.29, 1.82) is 0 Å². The highest BCUT2D eigenvalue weighted by molar-refractivity contribution is 6.01. The first kappa shape index (κ1) is 19.3. The summed E-state index contributed by atoms with van der Waals surface area (Å²) >= 11 is 0. The average Bonchev–Trinajstić information content (AvgIpc) is 2.93. The van der Waals surface area contributed by atoms with E-state index in [4.69, 9.17) is 14.2 Å². The van der Waals surface area contributed by atoms with E-state index < -0.39 is 5.97 Å². The van der Waals surface area contributed by atoms with Gasteiger partial charge in [0.05, 0.1) is 14.2 Å². The summed E-state index contributed by atoms with van der Waals surface area (Å²) in [6.45, 7) is 7.76. The number of hydrogen-bond acceptors (Lipinski definition) is 5. The zero-order chi connectivity index (χ0) is 19.3. The number of methoxy groups -OCH3 is 2. The fraction of sp³-hybridized carbons (Fsp3) is 0.300. The molecule has 0 saturated heterocycles. The number of benzene rings is 1. The van der Waals surface area contributed by atoms with Gasteiger partial charge in [-0.3, -0.25) is 4.79 Å². The van der Waals surface area contributed by atoms with E-state index >= 15 is 0 Å². The minimum atomic E-state index is -0.644. The molecule has 0 spiro atoms. The number of Topliss-reactive ketones (excluding diaryl/α,β-unsaturated/α-hetero) is 1. The molecule has 0 aliphatic carbocycles. The van der Waals surface area contributed by atoms with Crippen LogP contribution in [0, 0.1) is 13.8 Å². The van der Waals surface area contributed by atoms with Crippen LogP contribution in [-0.4, -0.2) is 37.1 Å². The maximum atomic E-state index is 12.5. The van der Waals surface area contributed by atoms with Gasteiger partial charge in [-0.05, 0) is 32.0 Å². The molecule has 0 fully saturated rings. The second-order valence-electron chi connectivity index (χ2n) is 5.72. The van der Waals surface area contributed by atoms with Gasteiger partial charge in [-0.25, -0.2) is 4.79 Å². The van der Waals surface area contributed by atoms with E-state index in [1.54, 1.807) is 30.3 Å². The smallest absolute Gasteiger partial charge is 0.342 e. The monoisotopic (exact) mass is 357 g/mol. The maximum Gasteiger partial charge on any atom is 0.342 e. The standard InChI is InChI=1S/C20H23NO5/c1-6-10-21-13(2)11-16(14(21)3)17(22)12-26-20(23)15-8-7-9-18(24-4)19(15)25-5/h6-9,11H,1,10,12H2,2-5H3. The Morgan fingerprint density at radius 2 is 1.88 bits per heavy atom. The highest BCUT2D eigenvalue weighted by atomic mass is 16.5. The number of ketones is 1. The van der Waals surface area contributed by atoms with Crippen LogP contribution in [0.5, 0.6) is 11.5 Å². The lowest BCUT2D eigenvalue weighted by atomic mass is 10.1. The van der Waals surface area contributed by atoms with Gasteiger partial charge in [-0.2, -0.15) is 0 Å². The number of hydrogen-bond donors (Lipinski definition) is 0. The van der Waals surface area contributed by atoms with Gasteiger partial charge < -0.3 is 18.8 Å². The van der Waals surface area contributed by atoms with E-state index in [1.165, 1.54) is 14.2 Å². The fourth-order valence-electron chi connectivity index (χ4n) is 2.83. The molecule has 2 aromatic rings. The molecule has 0 aliphatic rings. The van der Waals surface area contributed by atoms with Crippen LogP contribution in [0.15, 0.2) is 36.9 Å². The number of carbonyl (C=O) groups excluding carboxylic acids is 2. The van der Waals surface area contributed by atoms with Crippen molar-refractivity contribution in [3.8, 4) is 11.5 Å². The average molecular weight is 357 g/mol. The second-order valence-corrected chi connectivity index (χ2v) is 5.72. The van der Waals surface area contributed by atoms with Crippen molar-refractivity contribution < 1.29 is 23.8 Å². The zero-order valence-corrected chi connectivity index (χ0v) is 15.5. The lowest BCUT2D eigenvalue weighted by molar-refractivity contribution is 0.0471. The first-order valence-electron chi connectivity index (χ1n) is 8.13. The molecular formula is C20H23NO5. The number of ether oxygens (including phenoxy) is 3. The van der Waals surface area contributed by atoms with Crippen LogP contribution in [-0.2, 0) is 11.3 Å². The number of rotatable bonds is 8. The number of aromatic nitrogens is 1. The Labute approximate surface area is 153 Å². The third kappa shape index (κ3) is 3.79. The molecule has 26 heavy (non-hydrogen) atoms. The summed E-state index contributed by atoms with van der Waals surface area (Å²) in [5, 5.41) is 0. The van der Waals surface area contributed by atoms with Crippen LogP contribution in [0.1, 0.15) is 32.1 Å². The van der Waals surface area contributed by atoms with Crippen molar-refractivity contribution in [1.82, 2.24) is 4.57 Å². The summed E-state index contributed by atoms with van der Waals surface area (Å²) in [4.78, 5) is 24.8. The molecule has 6 nitrogen and oxygen atoms in total. The van der Waals surface area contributed by atoms with Crippen LogP contribution in [0.2, 0.25) is 0 Å². The Balaban J connectivity index is 2.14. The van der Waals surface area contributed by atoms with Crippen molar-refractivity contribution in [3.63, 3.8) is 0 Å². The molecular weight excluding hydrogens is 334 g/mol. The van der Waals surface area contributed by atoms with Crippen LogP contribution in [0.3, 0.4) is 0 Å². The zero-order valence-electron chi connectivity index (χ0n) is 15.5. The molecule has 0 bridgehead atoms. The largest absolute Gasteiger partial charge is 0.493 e. The predicted octanol–water partition coefficient (Wildman–Crippen LogP) is 3.35. The van der Waals surface area contributed by atoms with Crippen LogP contribution < -0.4 is 9.47 Å². The van der Waals surface area contributed by atoms with Crippen LogP contribution in [0.25, 0.3) is 0 Å². The van der Waals surface area contributed by atoms with Crippen molar-refractivity contribution in [3.05, 3.63) is 59.4 Å². The van der Waals surface area contributed by atoms with E-state index in [0.717, 1.165) is 11.4 Å². The van der Waals surface area contributed by atoms with E-state index in [1.807, 2.05) is 18.4 Å². The van der Waals surface area contributed by atoms with Gasteiger partial charge in [0.2, 0.25) is 5.78 Å². The highest BCUT2D eigenvalue weighted by Gasteiger charge is 2.21.